The monoisotopic (exact) mass is 243 g/mol. The Morgan fingerprint density at radius 2 is 1.71 bits per heavy atom. The van der Waals surface area contributed by atoms with Gasteiger partial charge in [0.05, 0.1) is 6.42 Å². The fourth-order valence-electron chi connectivity index (χ4n) is 1.92. The molecule has 0 aliphatic carbocycles. The van der Waals surface area contributed by atoms with Crippen molar-refractivity contribution in [2.45, 2.75) is 32.1 Å². The molecule has 0 bridgehead atoms. The van der Waals surface area contributed by atoms with Crippen molar-refractivity contribution in [2.75, 3.05) is 0 Å². The second-order valence-corrected chi connectivity index (χ2v) is 4.13. The molecule has 0 fully saturated rings. The Kier molecular flexibility index (Phi) is 3.09. The lowest BCUT2D eigenvalue weighted by atomic mass is 10.1. The highest BCUT2D eigenvalue weighted by molar-refractivity contribution is 5.77. The summed E-state index contributed by atoms with van der Waals surface area (Å²) in [6.45, 7) is 0.847. The Labute approximate surface area is 97.0 Å². The molecule has 0 spiro atoms. The van der Waals surface area contributed by atoms with E-state index in [1.165, 1.54) is 4.90 Å². The average Bonchev–Trinajstić information content (AvgIpc) is 2.68. The second kappa shape index (κ2) is 4.39. The van der Waals surface area contributed by atoms with Crippen LogP contribution >= 0.6 is 0 Å². The topological polar surface area (TPSA) is 20.3 Å². The summed E-state index contributed by atoms with van der Waals surface area (Å²) in [6, 6.07) is 7.52. The van der Waals surface area contributed by atoms with E-state index in [0.29, 0.717) is 13.1 Å². The Morgan fingerprint density at radius 1 is 1.18 bits per heavy atom. The molecule has 0 radical (unpaired) electrons. The van der Waals surface area contributed by atoms with Gasteiger partial charge in [0.25, 0.3) is 0 Å². The van der Waals surface area contributed by atoms with Gasteiger partial charge in [0.2, 0.25) is 5.91 Å². The maximum atomic E-state index is 12.0. The van der Waals surface area contributed by atoms with E-state index >= 15 is 0 Å². The number of hydrogen-bond donors (Lipinski definition) is 0. The molecular formula is C12H12F3NO. The molecule has 2 rings (SSSR count). The quantitative estimate of drug-likeness (QED) is 0.782. The van der Waals surface area contributed by atoms with Crippen LogP contribution in [0.3, 0.4) is 0 Å². The van der Waals surface area contributed by atoms with E-state index in [2.05, 4.69) is 0 Å². The molecule has 0 N–H and O–H groups in total. The molecule has 0 atom stereocenters. The molecule has 0 saturated heterocycles. The second-order valence-electron chi connectivity index (χ2n) is 4.13. The Bertz CT molecular complexity index is 403. The van der Waals surface area contributed by atoms with E-state index in [0.717, 1.165) is 11.1 Å². The van der Waals surface area contributed by atoms with Gasteiger partial charge >= 0.3 is 6.18 Å². The lowest BCUT2D eigenvalue weighted by molar-refractivity contribution is -0.149. The highest BCUT2D eigenvalue weighted by atomic mass is 19.4. The van der Waals surface area contributed by atoms with E-state index < -0.39 is 24.9 Å². The van der Waals surface area contributed by atoms with Gasteiger partial charge in [0, 0.05) is 19.5 Å². The van der Waals surface area contributed by atoms with Gasteiger partial charge in [0.1, 0.15) is 0 Å². The molecule has 2 nitrogen and oxygen atoms in total. The smallest absolute Gasteiger partial charge is 0.334 e. The van der Waals surface area contributed by atoms with Crippen molar-refractivity contribution in [3.63, 3.8) is 0 Å². The van der Waals surface area contributed by atoms with Gasteiger partial charge in [-0.3, -0.25) is 4.79 Å². The highest BCUT2D eigenvalue weighted by Gasteiger charge is 2.30. The standard InChI is InChI=1S/C12H12F3NO/c13-12(14,15)6-5-11(17)16-7-9-3-1-2-4-10(9)8-16/h1-4H,5-8H2. The fraction of sp³-hybridized carbons (Fsp3) is 0.417. The normalized spacial score (nSPS) is 14.9. The first kappa shape index (κ1) is 12.0. The van der Waals surface area contributed by atoms with Crippen LogP contribution in [0, 0.1) is 0 Å². The molecular weight excluding hydrogens is 231 g/mol. The number of nitrogens with zero attached hydrogens (tertiary/aromatic N) is 1. The van der Waals surface area contributed by atoms with Crippen molar-refractivity contribution in [3.05, 3.63) is 35.4 Å². The van der Waals surface area contributed by atoms with Crippen molar-refractivity contribution >= 4 is 5.91 Å². The van der Waals surface area contributed by atoms with Crippen LogP contribution in [0.15, 0.2) is 24.3 Å². The largest absolute Gasteiger partial charge is 0.389 e. The molecule has 1 amide bonds. The molecule has 1 aromatic carbocycles. The lowest BCUT2D eigenvalue weighted by Crippen LogP contribution is -2.26. The van der Waals surface area contributed by atoms with Gasteiger partial charge in [-0.2, -0.15) is 13.2 Å². The maximum absolute atomic E-state index is 12.0. The highest BCUT2D eigenvalue weighted by Crippen LogP contribution is 2.26. The summed E-state index contributed by atoms with van der Waals surface area (Å²) in [4.78, 5) is 13.1. The van der Waals surface area contributed by atoms with Gasteiger partial charge in [-0.25, -0.2) is 0 Å². The molecule has 0 unspecified atom stereocenters. The Morgan fingerprint density at radius 3 is 2.18 bits per heavy atom. The van der Waals surface area contributed by atoms with Crippen LogP contribution in [0.1, 0.15) is 24.0 Å². The summed E-state index contributed by atoms with van der Waals surface area (Å²) in [7, 11) is 0. The predicted molar refractivity (Wildman–Crippen MR) is 56.0 cm³/mol. The van der Waals surface area contributed by atoms with Crippen molar-refractivity contribution in [1.29, 1.82) is 0 Å². The minimum Gasteiger partial charge on any atom is -0.334 e. The van der Waals surface area contributed by atoms with Crippen LogP contribution in [0.5, 0.6) is 0 Å². The van der Waals surface area contributed by atoms with Crippen LogP contribution in [0.2, 0.25) is 0 Å². The summed E-state index contributed by atoms with van der Waals surface area (Å²) < 4.78 is 36.0. The van der Waals surface area contributed by atoms with Gasteiger partial charge in [0.15, 0.2) is 0 Å². The summed E-state index contributed by atoms with van der Waals surface area (Å²) in [6.07, 6.45) is -5.77. The van der Waals surface area contributed by atoms with E-state index in [-0.39, 0.29) is 0 Å². The zero-order chi connectivity index (χ0) is 12.5. The number of carbonyl (C=O) groups is 1. The van der Waals surface area contributed by atoms with E-state index in [4.69, 9.17) is 0 Å². The molecule has 5 heteroatoms. The van der Waals surface area contributed by atoms with Crippen molar-refractivity contribution in [1.82, 2.24) is 4.90 Å². The number of halogens is 3. The first-order valence-electron chi connectivity index (χ1n) is 5.37. The Hall–Kier alpha value is -1.52. The minimum absolute atomic E-state index is 0.423. The number of alkyl halides is 3. The summed E-state index contributed by atoms with van der Waals surface area (Å²) in [5.74, 6) is -0.432. The zero-order valence-corrected chi connectivity index (χ0v) is 9.13. The number of benzene rings is 1. The fourth-order valence-corrected chi connectivity index (χ4v) is 1.92. The maximum Gasteiger partial charge on any atom is 0.389 e. The van der Waals surface area contributed by atoms with E-state index in [1.54, 1.807) is 0 Å². The van der Waals surface area contributed by atoms with E-state index in [1.807, 2.05) is 24.3 Å². The van der Waals surface area contributed by atoms with Crippen LogP contribution in [0.25, 0.3) is 0 Å². The molecule has 1 heterocycles. The van der Waals surface area contributed by atoms with Crippen molar-refractivity contribution in [2.24, 2.45) is 0 Å². The molecule has 1 aliphatic heterocycles. The zero-order valence-electron chi connectivity index (χ0n) is 9.13. The van der Waals surface area contributed by atoms with Crippen LogP contribution in [-0.4, -0.2) is 17.0 Å². The number of hydrogen-bond acceptors (Lipinski definition) is 1. The van der Waals surface area contributed by atoms with Crippen molar-refractivity contribution < 1.29 is 18.0 Å². The van der Waals surface area contributed by atoms with Crippen molar-refractivity contribution in [3.8, 4) is 0 Å². The third-order valence-electron chi connectivity index (χ3n) is 2.82. The molecule has 92 valence electrons. The SMILES string of the molecule is O=C(CCC(F)(F)F)N1Cc2ccccc2C1. The predicted octanol–water partition coefficient (Wildman–Crippen LogP) is 2.87. The first-order chi connectivity index (χ1) is 7.96. The summed E-state index contributed by atoms with van der Waals surface area (Å²) >= 11 is 0. The third kappa shape index (κ3) is 2.99. The third-order valence-corrected chi connectivity index (χ3v) is 2.82. The lowest BCUT2D eigenvalue weighted by Gasteiger charge is -2.15. The number of fused-ring (bicyclic) bond motifs is 1. The molecule has 1 aliphatic rings. The number of carbonyl (C=O) groups excluding carboxylic acids is 1. The van der Waals surface area contributed by atoms with Crippen LogP contribution < -0.4 is 0 Å². The van der Waals surface area contributed by atoms with Gasteiger partial charge in [-0.15, -0.1) is 0 Å². The Balaban J connectivity index is 1.92. The first-order valence-corrected chi connectivity index (χ1v) is 5.37. The van der Waals surface area contributed by atoms with Crippen LogP contribution in [0.4, 0.5) is 13.2 Å². The van der Waals surface area contributed by atoms with Gasteiger partial charge in [-0.1, -0.05) is 24.3 Å². The number of amides is 1. The van der Waals surface area contributed by atoms with Gasteiger partial charge in [-0.05, 0) is 11.1 Å². The van der Waals surface area contributed by atoms with Crippen LogP contribution in [-0.2, 0) is 17.9 Å². The molecule has 17 heavy (non-hydrogen) atoms. The minimum atomic E-state index is -4.26. The number of rotatable bonds is 2. The van der Waals surface area contributed by atoms with Gasteiger partial charge < -0.3 is 4.90 Å². The molecule has 0 saturated carbocycles. The molecule has 0 aromatic heterocycles. The summed E-state index contributed by atoms with van der Waals surface area (Å²) in [5.41, 5.74) is 2.04. The molecule has 1 aromatic rings. The average molecular weight is 243 g/mol. The summed E-state index contributed by atoms with van der Waals surface area (Å²) in [5, 5.41) is 0. The van der Waals surface area contributed by atoms with E-state index in [9.17, 15) is 18.0 Å².